The topological polar surface area (TPSA) is 41.6 Å². The highest BCUT2D eigenvalue weighted by Gasteiger charge is 2.31. The number of hydrogen-bond donors (Lipinski definition) is 1. The van der Waals surface area contributed by atoms with Gasteiger partial charge in [-0.1, -0.05) is 12.1 Å². The van der Waals surface area contributed by atoms with Crippen molar-refractivity contribution in [3.63, 3.8) is 0 Å². The van der Waals surface area contributed by atoms with Crippen LogP contribution in [0.2, 0.25) is 0 Å². The molecule has 1 aliphatic heterocycles. The zero-order valence-electron chi connectivity index (χ0n) is 11.4. The summed E-state index contributed by atoms with van der Waals surface area (Å²) in [4.78, 5) is 9.24. The number of hydrogen-bond acceptors (Lipinski definition) is 4. The quantitative estimate of drug-likeness (QED) is 0.889. The largest absolute Gasteiger partial charge is 0.369 e. The number of guanidine groups is 1. The van der Waals surface area contributed by atoms with Gasteiger partial charge < -0.3 is 10.6 Å². The van der Waals surface area contributed by atoms with Gasteiger partial charge in [-0.3, -0.25) is 4.99 Å². The lowest BCUT2D eigenvalue weighted by Crippen LogP contribution is -2.36. The van der Waals surface area contributed by atoms with Gasteiger partial charge in [0.15, 0.2) is 5.96 Å². The molecule has 0 aliphatic carbocycles. The number of rotatable bonds is 2. The van der Waals surface area contributed by atoms with Gasteiger partial charge in [0, 0.05) is 14.2 Å². The number of halogens is 1. The summed E-state index contributed by atoms with van der Waals surface area (Å²) in [7, 11) is 0. The Morgan fingerprint density at radius 1 is 1.35 bits per heavy atom. The molecule has 0 saturated carbocycles. The van der Waals surface area contributed by atoms with Crippen LogP contribution in [0, 0.1) is 13.8 Å². The lowest BCUT2D eigenvalue weighted by atomic mass is 10.1. The number of aliphatic imine (C=N–C) groups is 1. The van der Waals surface area contributed by atoms with Gasteiger partial charge in [-0.05, 0) is 53.5 Å². The summed E-state index contributed by atoms with van der Waals surface area (Å²) in [5.74, 6) is 0.588. The second kappa shape index (κ2) is 5.22. The highest BCUT2D eigenvalue weighted by atomic mass is 79.9. The van der Waals surface area contributed by atoms with Gasteiger partial charge in [-0.2, -0.15) is 0 Å². The minimum absolute atomic E-state index is 0.193. The molecule has 3 nitrogen and oxygen atoms in total. The SMILES string of the molecule is Cc1cc(C2CN=C(N)N2c2ccccc2Br)c(C)s1. The van der Waals surface area contributed by atoms with Crippen molar-refractivity contribution in [1.82, 2.24) is 0 Å². The highest BCUT2D eigenvalue weighted by Crippen LogP contribution is 2.38. The maximum absolute atomic E-state index is 6.12. The van der Waals surface area contributed by atoms with E-state index in [1.165, 1.54) is 15.3 Å². The third-order valence-electron chi connectivity index (χ3n) is 3.54. The smallest absolute Gasteiger partial charge is 0.196 e. The molecule has 0 bridgehead atoms. The predicted octanol–water partition coefficient (Wildman–Crippen LogP) is 4.00. The van der Waals surface area contributed by atoms with Crippen LogP contribution >= 0.6 is 27.3 Å². The van der Waals surface area contributed by atoms with Gasteiger partial charge in [0.2, 0.25) is 0 Å². The van der Waals surface area contributed by atoms with Crippen molar-refractivity contribution in [3.8, 4) is 0 Å². The highest BCUT2D eigenvalue weighted by molar-refractivity contribution is 9.10. The third kappa shape index (κ3) is 2.25. The van der Waals surface area contributed by atoms with Crippen molar-refractivity contribution in [2.24, 2.45) is 10.7 Å². The molecule has 104 valence electrons. The number of aryl methyl sites for hydroxylation is 2. The van der Waals surface area contributed by atoms with Crippen molar-refractivity contribution < 1.29 is 0 Å². The van der Waals surface area contributed by atoms with Gasteiger partial charge >= 0.3 is 0 Å². The first kappa shape index (κ1) is 13.6. The Labute approximate surface area is 131 Å². The molecule has 1 atom stereocenters. The molecule has 20 heavy (non-hydrogen) atoms. The van der Waals surface area contributed by atoms with Crippen LogP contribution in [-0.2, 0) is 0 Å². The number of benzene rings is 1. The van der Waals surface area contributed by atoms with Crippen LogP contribution in [0.3, 0.4) is 0 Å². The summed E-state index contributed by atoms with van der Waals surface area (Å²) in [6, 6.07) is 10.6. The fraction of sp³-hybridized carbons (Fsp3) is 0.267. The Kier molecular flexibility index (Phi) is 3.56. The fourth-order valence-corrected chi connectivity index (χ4v) is 4.11. The molecular weight excluding hydrogens is 334 g/mol. The predicted molar refractivity (Wildman–Crippen MR) is 89.6 cm³/mol. The maximum atomic E-state index is 6.12. The average molecular weight is 350 g/mol. The average Bonchev–Trinajstić information content (AvgIpc) is 2.93. The van der Waals surface area contributed by atoms with E-state index in [0.29, 0.717) is 12.5 Å². The Bertz CT molecular complexity index is 678. The van der Waals surface area contributed by atoms with Gasteiger partial charge in [-0.25, -0.2) is 0 Å². The number of nitrogens with two attached hydrogens (primary N) is 1. The van der Waals surface area contributed by atoms with E-state index in [1.54, 1.807) is 0 Å². The van der Waals surface area contributed by atoms with Gasteiger partial charge in [-0.15, -0.1) is 11.3 Å². The Morgan fingerprint density at radius 3 is 2.75 bits per heavy atom. The van der Waals surface area contributed by atoms with Crippen LogP contribution < -0.4 is 10.6 Å². The van der Waals surface area contributed by atoms with Crippen LogP contribution in [0.15, 0.2) is 39.8 Å². The van der Waals surface area contributed by atoms with Gasteiger partial charge in [0.05, 0.1) is 18.3 Å². The van der Waals surface area contributed by atoms with Crippen molar-refractivity contribution in [3.05, 3.63) is 50.1 Å². The Morgan fingerprint density at radius 2 is 2.10 bits per heavy atom. The van der Waals surface area contributed by atoms with Gasteiger partial charge in [0.25, 0.3) is 0 Å². The molecule has 2 N–H and O–H groups in total. The Hall–Kier alpha value is -1.33. The summed E-state index contributed by atoms with van der Waals surface area (Å²) in [6.07, 6.45) is 0. The normalized spacial score (nSPS) is 18.4. The van der Waals surface area contributed by atoms with E-state index < -0.39 is 0 Å². The molecule has 3 rings (SSSR count). The monoisotopic (exact) mass is 349 g/mol. The molecule has 0 fully saturated rings. The molecule has 0 radical (unpaired) electrons. The standard InChI is InChI=1S/C15H16BrN3S/c1-9-7-11(10(2)20-9)14-8-18-15(17)19(14)13-6-4-3-5-12(13)16/h3-7,14H,8H2,1-2H3,(H2,17,18). The van der Waals surface area contributed by atoms with Crippen LogP contribution in [0.4, 0.5) is 5.69 Å². The molecule has 2 aromatic rings. The fourth-order valence-electron chi connectivity index (χ4n) is 2.65. The minimum Gasteiger partial charge on any atom is -0.369 e. The summed E-state index contributed by atoms with van der Waals surface area (Å²) in [5, 5.41) is 0. The van der Waals surface area contributed by atoms with Crippen molar-refractivity contribution in [2.45, 2.75) is 19.9 Å². The second-order valence-electron chi connectivity index (χ2n) is 4.90. The molecule has 0 amide bonds. The van der Waals surface area contributed by atoms with Crippen molar-refractivity contribution in [1.29, 1.82) is 0 Å². The molecular formula is C15H16BrN3S. The van der Waals surface area contributed by atoms with E-state index in [0.717, 1.165) is 10.2 Å². The zero-order chi connectivity index (χ0) is 14.3. The molecule has 2 heterocycles. The zero-order valence-corrected chi connectivity index (χ0v) is 13.8. The first-order valence-corrected chi connectivity index (χ1v) is 8.09. The second-order valence-corrected chi connectivity index (χ2v) is 7.22. The van der Waals surface area contributed by atoms with Crippen molar-refractivity contribution in [2.75, 3.05) is 11.4 Å². The van der Waals surface area contributed by atoms with E-state index in [2.05, 4.69) is 51.8 Å². The summed E-state index contributed by atoms with van der Waals surface area (Å²) in [5.41, 5.74) is 8.52. The lowest BCUT2D eigenvalue weighted by molar-refractivity contribution is 0.766. The number of nitrogens with zero attached hydrogens (tertiary/aromatic N) is 2. The van der Waals surface area contributed by atoms with Crippen LogP contribution in [0.1, 0.15) is 21.4 Å². The van der Waals surface area contributed by atoms with E-state index >= 15 is 0 Å². The van der Waals surface area contributed by atoms with Crippen molar-refractivity contribution >= 4 is 38.9 Å². The minimum atomic E-state index is 0.193. The molecule has 1 aliphatic rings. The lowest BCUT2D eigenvalue weighted by Gasteiger charge is -2.27. The van der Waals surface area contributed by atoms with E-state index in [9.17, 15) is 0 Å². The third-order valence-corrected chi connectivity index (χ3v) is 5.19. The van der Waals surface area contributed by atoms with Crippen LogP contribution in [0.5, 0.6) is 0 Å². The van der Waals surface area contributed by atoms with E-state index in [1.807, 2.05) is 29.5 Å². The first-order chi connectivity index (χ1) is 9.58. The molecule has 5 heteroatoms. The maximum Gasteiger partial charge on any atom is 0.196 e. The summed E-state index contributed by atoms with van der Waals surface area (Å²) in [6.45, 7) is 5.02. The van der Waals surface area contributed by atoms with E-state index in [4.69, 9.17) is 5.73 Å². The van der Waals surface area contributed by atoms with E-state index in [-0.39, 0.29) is 6.04 Å². The number of thiophene rings is 1. The summed E-state index contributed by atoms with van der Waals surface area (Å²) < 4.78 is 1.04. The summed E-state index contributed by atoms with van der Waals surface area (Å²) >= 11 is 5.44. The van der Waals surface area contributed by atoms with Crippen LogP contribution in [0.25, 0.3) is 0 Å². The Balaban J connectivity index is 2.05. The molecule has 1 unspecified atom stereocenters. The van der Waals surface area contributed by atoms with Gasteiger partial charge in [0.1, 0.15) is 0 Å². The molecule has 0 saturated heterocycles. The number of anilines is 1. The molecule has 0 spiro atoms. The number of para-hydroxylation sites is 1. The molecule has 1 aromatic heterocycles. The first-order valence-electron chi connectivity index (χ1n) is 6.48. The van der Waals surface area contributed by atoms with Crippen LogP contribution in [-0.4, -0.2) is 12.5 Å². The molecule has 1 aromatic carbocycles.